The lowest BCUT2D eigenvalue weighted by Gasteiger charge is -2.20. The summed E-state index contributed by atoms with van der Waals surface area (Å²) in [5.41, 5.74) is 1.13. The lowest BCUT2D eigenvalue weighted by molar-refractivity contribution is -0.144. The molecule has 3 aromatic rings. The van der Waals surface area contributed by atoms with Crippen molar-refractivity contribution in [2.24, 2.45) is 0 Å². The summed E-state index contributed by atoms with van der Waals surface area (Å²) < 4.78 is 10.5. The predicted octanol–water partition coefficient (Wildman–Crippen LogP) is 2.87. The summed E-state index contributed by atoms with van der Waals surface area (Å²) in [6.07, 6.45) is -1.03. The van der Waals surface area contributed by atoms with Crippen LogP contribution in [0.3, 0.4) is 0 Å². The van der Waals surface area contributed by atoms with Gasteiger partial charge in [0.15, 0.2) is 12.2 Å². The second-order valence-electron chi connectivity index (χ2n) is 8.29. The molecule has 0 spiro atoms. The molecule has 3 atom stereocenters. The number of rotatable bonds is 10. The lowest BCUT2D eigenvalue weighted by Crippen LogP contribution is -2.52. The van der Waals surface area contributed by atoms with Crippen LogP contribution in [0.2, 0.25) is 10.0 Å². The maximum atomic E-state index is 12.8. The fourth-order valence-electron chi connectivity index (χ4n) is 3.71. The highest BCUT2D eigenvalue weighted by Gasteiger charge is 2.41. The van der Waals surface area contributed by atoms with Crippen molar-refractivity contribution in [3.8, 4) is 0 Å². The van der Waals surface area contributed by atoms with Crippen molar-refractivity contribution in [3.05, 3.63) is 80.2 Å². The van der Waals surface area contributed by atoms with Crippen LogP contribution < -0.4 is 16.0 Å². The number of carbonyl (C=O) groups is 4. The van der Waals surface area contributed by atoms with Gasteiger partial charge in [0.05, 0.1) is 22.2 Å². The van der Waals surface area contributed by atoms with Gasteiger partial charge >= 0.3 is 5.97 Å². The molecular weight excluding hydrogens is 571 g/mol. The van der Waals surface area contributed by atoms with Crippen molar-refractivity contribution in [1.29, 1.82) is 0 Å². The number of hydrogen-bond acceptors (Lipinski definition) is 8. The van der Waals surface area contributed by atoms with Crippen molar-refractivity contribution in [2.75, 3.05) is 12.1 Å². The van der Waals surface area contributed by atoms with Gasteiger partial charge in [-0.15, -0.1) is 11.3 Å². The fourth-order valence-corrected chi connectivity index (χ4v) is 4.84. The Morgan fingerprint density at radius 2 is 1.69 bits per heavy atom. The Kier molecular flexibility index (Phi) is 9.49. The van der Waals surface area contributed by atoms with Crippen LogP contribution in [0.25, 0.3) is 0 Å². The molecule has 4 N–H and O–H groups in total. The van der Waals surface area contributed by atoms with Gasteiger partial charge in [0, 0.05) is 23.7 Å². The van der Waals surface area contributed by atoms with Crippen molar-refractivity contribution in [2.45, 2.75) is 31.2 Å². The molecule has 1 aliphatic rings. The highest BCUT2D eigenvalue weighted by atomic mass is 35.5. The number of anilines is 1. The molecule has 3 unspecified atom stereocenters. The summed E-state index contributed by atoms with van der Waals surface area (Å²) in [7, 11) is 0. The molecule has 0 bridgehead atoms. The topological polar surface area (TPSA) is 156 Å². The predicted molar refractivity (Wildman–Crippen MR) is 143 cm³/mol. The molecule has 1 fully saturated rings. The molecule has 1 aromatic heterocycles. The summed E-state index contributed by atoms with van der Waals surface area (Å²) in [6, 6.07) is 9.77. The van der Waals surface area contributed by atoms with Gasteiger partial charge in [-0.25, -0.2) is 9.78 Å². The number of carbonyl (C=O) groups excluding carboxylic acids is 3. The number of ether oxygens (including phenoxy) is 2. The van der Waals surface area contributed by atoms with E-state index in [0.717, 1.165) is 0 Å². The number of amides is 3. The van der Waals surface area contributed by atoms with Gasteiger partial charge in [-0.3, -0.25) is 14.4 Å². The van der Waals surface area contributed by atoms with E-state index in [1.807, 2.05) is 0 Å². The van der Waals surface area contributed by atoms with Crippen LogP contribution in [0, 0.1) is 0 Å². The highest BCUT2D eigenvalue weighted by Crippen LogP contribution is 2.25. The first-order chi connectivity index (χ1) is 18.7. The van der Waals surface area contributed by atoms with E-state index in [9.17, 15) is 24.3 Å². The first-order valence-electron chi connectivity index (χ1n) is 11.5. The Hall–Kier alpha value is -3.55. The number of carboxylic acids is 1. The van der Waals surface area contributed by atoms with E-state index in [1.54, 1.807) is 54.0 Å². The number of carboxylic acid groups (broad SMARTS) is 1. The number of benzene rings is 2. The molecule has 3 amide bonds. The zero-order chi connectivity index (χ0) is 27.9. The molecule has 1 saturated heterocycles. The number of nitrogens with one attached hydrogen (secondary N) is 3. The standard InChI is InChI=1S/C25H22Cl2N4O7S/c26-15-2-1-3-16(27)19(15)22(32)30-14-6-4-13(5-7-14)10-17(25(35)36)31-24(34)21-20(37-12-38-21)23(33)29-11-18-28-8-9-39-18/h1-9,17,20-21H,10-12H2,(H,29,33)(H,30,32)(H,31,34)(H,35,36). The van der Waals surface area contributed by atoms with Crippen molar-refractivity contribution >= 4 is 63.9 Å². The number of nitrogens with zero attached hydrogens (tertiary/aromatic N) is 1. The Labute approximate surface area is 236 Å². The monoisotopic (exact) mass is 592 g/mol. The fraction of sp³-hybridized carbons (Fsp3) is 0.240. The summed E-state index contributed by atoms with van der Waals surface area (Å²) >= 11 is 13.5. The average molecular weight is 593 g/mol. The first-order valence-corrected chi connectivity index (χ1v) is 13.1. The molecule has 14 heteroatoms. The molecule has 0 radical (unpaired) electrons. The number of halogens is 2. The summed E-state index contributed by atoms with van der Waals surface area (Å²) in [6.45, 7) is -0.137. The van der Waals surface area contributed by atoms with Gasteiger partial charge in [0.25, 0.3) is 17.7 Å². The average Bonchev–Trinajstić information content (AvgIpc) is 3.60. The molecule has 204 valence electrons. The first kappa shape index (κ1) is 28.5. The van der Waals surface area contributed by atoms with E-state index in [2.05, 4.69) is 20.9 Å². The molecule has 11 nitrogen and oxygen atoms in total. The van der Waals surface area contributed by atoms with E-state index < -0.39 is 41.9 Å². The molecule has 2 aromatic carbocycles. The number of hydrogen-bond donors (Lipinski definition) is 4. The van der Waals surface area contributed by atoms with Crippen molar-refractivity contribution in [3.63, 3.8) is 0 Å². The van der Waals surface area contributed by atoms with E-state index in [1.165, 1.54) is 11.3 Å². The quantitative estimate of drug-likeness (QED) is 0.280. The van der Waals surface area contributed by atoms with Crippen molar-refractivity contribution in [1.82, 2.24) is 15.6 Å². The Bertz CT molecular complexity index is 1330. The SMILES string of the molecule is O=C(Nc1ccc(CC(NC(=O)C2OCOC2C(=O)NCc2nccs2)C(=O)O)cc1)c1c(Cl)cccc1Cl. The van der Waals surface area contributed by atoms with Gasteiger partial charge in [-0.1, -0.05) is 41.4 Å². The van der Waals surface area contributed by atoms with Crippen molar-refractivity contribution < 1.29 is 33.8 Å². The summed E-state index contributed by atoms with van der Waals surface area (Å²) in [5.74, 6) is -3.16. The van der Waals surface area contributed by atoms with Crippen LogP contribution in [0.1, 0.15) is 20.9 Å². The maximum absolute atomic E-state index is 12.8. The number of aliphatic carboxylic acids is 1. The normalized spacial score (nSPS) is 17.3. The number of thiazole rings is 1. The minimum atomic E-state index is -1.32. The smallest absolute Gasteiger partial charge is 0.326 e. The third-order valence-electron chi connectivity index (χ3n) is 5.64. The van der Waals surface area contributed by atoms with Gasteiger partial charge in [-0.2, -0.15) is 0 Å². The zero-order valence-corrected chi connectivity index (χ0v) is 22.4. The van der Waals surface area contributed by atoms with Gasteiger partial charge < -0.3 is 30.5 Å². The second-order valence-corrected chi connectivity index (χ2v) is 10.1. The Morgan fingerprint density at radius 1 is 1.03 bits per heavy atom. The van der Waals surface area contributed by atoms with E-state index >= 15 is 0 Å². The van der Waals surface area contributed by atoms with E-state index in [0.29, 0.717) is 16.3 Å². The molecule has 0 saturated carbocycles. The minimum absolute atomic E-state index is 0.0693. The minimum Gasteiger partial charge on any atom is -0.480 e. The van der Waals surface area contributed by atoms with Gasteiger partial charge in [-0.05, 0) is 29.8 Å². The number of aromatic nitrogens is 1. The van der Waals surface area contributed by atoms with Crippen LogP contribution in [0.5, 0.6) is 0 Å². The third-order valence-corrected chi connectivity index (χ3v) is 7.05. The zero-order valence-electron chi connectivity index (χ0n) is 20.1. The Morgan fingerprint density at radius 3 is 2.31 bits per heavy atom. The largest absolute Gasteiger partial charge is 0.480 e. The summed E-state index contributed by atoms with van der Waals surface area (Å²) in [5, 5.41) is 20.2. The van der Waals surface area contributed by atoms with Gasteiger partial charge in [0.1, 0.15) is 17.8 Å². The maximum Gasteiger partial charge on any atom is 0.326 e. The highest BCUT2D eigenvalue weighted by molar-refractivity contribution is 7.09. The van der Waals surface area contributed by atoms with Crippen LogP contribution in [-0.2, 0) is 36.8 Å². The van der Waals surface area contributed by atoms with Gasteiger partial charge in [0.2, 0.25) is 0 Å². The molecule has 39 heavy (non-hydrogen) atoms. The molecule has 4 rings (SSSR count). The third kappa shape index (κ3) is 7.31. The van der Waals surface area contributed by atoms with Crippen LogP contribution >= 0.6 is 34.5 Å². The molecular formula is C25H22Cl2N4O7S. The summed E-state index contributed by atoms with van der Waals surface area (Å²) in [4.78, 5) is 53.9. The molecule has 0 aliphatic carbocycles. The van der Waals surface area contributed by atoms with E-state index in [4.69, 9.17) is 32.7 Å². The molecule has 2 heterocycles. The van der Waals surface area contributed by atoms with Crippen LogP contribution in [0.15, 0.2) is 54.0 Å². The second kappa shape index (κ2) is 13.0. The van der Waals surface area contributed by atoms with Crippen LogP contribution in [-0.4, -0.2) is 58.8 Å². The lowest BCUT2D eigenvalue weighted by atomic mass is 10.0. The van der Waals surface area contributed by atoms with Crippen LogP contribution in [0.4, 0.5) is 5.69 Å². The molecule has 1 aliphatic heterocycles. The van der Waals surface area contributed by atoms with E-state index in [-0.39, 0.29) is 35.4 Å². The Balaban J connectivity index is 1.34.